The predicted octanol–water partition coefficient (Wildman–Crippen LogP) is 3.94. The Kier molecular flexibility index (Phi) is 8.88. The van der Waals surface area contributed by atoms with Gasteiger partial charge in [0.25, 0.3) is 0 Å². The van der Waals surface area contributed by atoms with Gasteiger partial charge in [0.05, 0.1) is 12.2 Å². The van der Waals surface area contributed by atoms with Crippen LogP contribution in [0.3, 0.4) is 0 Å². The van der Waals surface area contributed by atoms with Crippen molar-refractivity contribution in [2.45, 2.75) is 51.3 Å². The van der Waals surface area contributed by atoms with Crippen molar-refractivity contribution in [3.8, 4) is 11.1 Å². The van der Waals surface area contributed by atoms with Crippen molar-refractivity contribution in [1.82, 2.24) is 10.6 Å². The Morgan fingerprint density at radius 2 is 1.56 bits per heavy atom. The van der Waals surface area contributed by atoms with Gasteiger partial charge in [0.15, 0.2) is 0 Å². The molecule has 3 rings (SSSR count). The number of rotatable bonds is 10. The summed E-state index contributed by atoms with van der Waals surface area (Å²) in [4.78, 5) is 37.7. The van der Waals surface area contributed by atoms with Crippen molar-refractivity contribution >= 4 is 18.0 Å². The number of esters is 1. The zero-order valence-electron chi connectivity index (χ0n) is 21.2. The molecule has 2 atom stereocenters. The molecule has 2 aromatic rings. The fourth-order valence-electron chi connectivity index (χ4n) is 3.94. The Labute approximate surface area is 212 Å². The number of hydrogen-bond acceptors (Lipinski definition) is 6. The molecule has 8 heteroatoms. The number of nitrogens with one attached hydrogen (secondary N) is 2. The molecule has 1 aliphatic rings. The molecule has 0 bridgehead atoms. The van der Waals surface area contributed by atoms with Crippen LogP contribution in [0, 0.1) is 0 Å². The second-order valence-corrected chi connectivity index (χ2v) is 9.59. The topological polar surface area (TPSA) is 103 Å². The zero-order chi connectivity index (χ0) is 26.3. The average Bonchev–Trinajstić information content (AvgIpc) is 3.16. The molecule has 0 saturated heterocycles. The van der Waals surface area contributed by atoms with E-state index in [0.717, 1.165) is 22.3 Å². The van der Waals surface area contributed by atoms with Gasteiger partial charge >= 0.3 is 12.1 Å². The SMILES string of the molecule is C=CCOC(=O)[C@H](C)NC(=O)[C@H](COC(C)(C)C)NC(=O)OCC1c2ccccc2-c2ccccc21. The highest BCUT2D eigenvalue weighted by atomic mass is 16.6. The minimum absolute atomic E-state index is 0.0353. The van der Waals surface area contributed by atoms with Crippen LogP contribution in [0.2, 0.25) is 0 Å². The molecule has 0 heterocycles. The summed E-state index contributed by atoms with van der Waals surface area (Å²) in [5.41, 5.74) is 3.87. The minimum Gasteiger partial charge on any atom is -0.460 e. The average molecular weight is 495 g/mol. The molecule has 192 valence electrons. The fourth-order valence-corrected chi connectivity index (χ4v) is 3.94. The van der Waals surface area contributed by atoms with Crippen LogP contribution in [0.4, 0.5) is 4.79 Å². The molecule has 8 nitrogen and oxygen atoms in total. The van der Waals surface area contributed by atoms with E-state index in [2.05, 4.69) is 29.3 Å². The van der Waals surface area contributed by atoms with Crippen molar-refractivity contribution in [2.24, 2.45) is 0 Å². The summed E-state index contributed by atoms with van der Waals surface area (Å²) in [6, 6.07) is 14.1. The molecular weight excluding hydrogens is 460 g/mol. The second kappa shape index (κ2) is 11.9. The normalized spacial score (nSPS) is 14.1. The number of carbonyl (C=O) groups excluding carboxylic acids is 3. The van der Waals surface area contributed by atoms with Gasteiger partial charge in [-0.05, 0) is 49.9 Å². The van der Waals surface area contributed by atoms with Crippen LogP contribution in [0.1, 0.15) is 44.7 Å². The van der Waals surface area contributed by atoms with Crippen LogP contribution in [0.25, 0.3) is 11.1 Å². The van der Waals surface area contributed by atoms with Gasteiger partial charge in [0.2, 0.25) is 5.91 Å². The molecule has 36 heavy (non-hydrogen) atoms. The molecular formula is C28H34N2O6. The van der Waals surface area contributed by atoms with Gasteiger partial charge in [0.1, 0.15) is 25.3 Å². The number of ether oxygens (including phenoxy) is 3. The van der Waals surface area contributed by atoms with Crippen molar-refractivity contribution in [2.75, 3.05) is 19.8 Å². The first kappa shape index (κ1) is 26.9. The summed E-state index contributed by atoms with van der Waals surface area (Å²) in [7, 11) is 0. The number of hydrogen-bond donors (Lipinski definition) is 2. The summed E-state index contributed by atoms with van der Waals surface area (Å²) in [6.07, 6.45) is 0.682. The van der Waals surface area contributed by atoms with E-state index in [0.29, 0.717) is 0 Å². The third kappa shape index (κ3) is 6.95. The van der Waals surface area contributed by atoms with Gasteiger partial charge in [-0.2, -0.15) is 0 Å². The Morgan fingerprint density at radius 3 is 2.11 bits per heavy atom. The van der Waals surface area contributed by atoms with E-state index < -0.39 is 35.7 Å². The maximum atomic E-state index is 12.9. The summed E-state index contributed by atoms with van der Waals surface area (Å²) in [5.74, 6) is -1.31. The van der Waals surface area contributed by atoms with E-state index in [4.69, 9.17) is 14.2 Å². The predicted molar refractivity (Wildman–Crippen MR) is 136 cm³/mol. The molecule has 0 spiro atoms. The number of amides is 2. The Morgan fingerprint density at radius 1 is 0.972 bits per heavy atom. The Hall–Kier alpha value is -3.65. The van der Waals surface area contributed by atoms with E-state index in [-0.39, 0.29) is 25.7 Å². The van der Waals surface area contributed by atoms with E-state index in [1.165, 1.54) is 13.0 Å². The number of benzene rings is 2. The maximum Gasteiger partial charge on any atom is 0.407 e. The van der Waals surface area contributed by atoms with Crippen LogP contribution >= 0.6 is 0 Å². The zero-order valence-corrected chi connectivity index (χ0v) is 21.2. The fraction of sp³-hybridized carbons (Fsp3) is 0.393. The van der Waals surface area contributed by atoms with Gasteiger partial charge < -0.3 is 24.8 Å². The second-order valence-electron chi connectivity index (χ2n) is 9.59. The lowest BCUT2D eigenvalue weighted by Crippen LogP contribution is -2.53. The van der Waals surface area contributed by atoms with Crippen LogP contribution < -0.4 is 10.6 Å². The molecule has 1 aliphatic carbocycles. The summed E-state index contributed by atoms with van der Waals surface area (Å²) < 4.78 is 16.3. The van der Waals surface area contributed by atoms with Gasteiger partial charge in [-0.15, -0.1) is 0 Å². The van der Waals surface area contributed by atoms with E-state index in [9.17, 15) is 14.4 Å². The Balaban J connectivity index is 1.65. The van der Waals surface area contributed by atoms with Crippen LogP contribution in [0.15, 0.2) is 61.2 Å². The number of fused-ring (bicyclic) bond motifs is 3. The monoisotopic (exact) mass is 494 g/mol. The lowest BCUT2D eigenvalue weighted by Gasteiger charge is -2.25. The van der Waals surface area contributed by atoms with Crippen LogP contribution in [-0.4, -0.2) is 55.5 Å². The molecule has 0 aliphatic heterocycles. The van der Waals surface area contributed by atoms with Crippen LogP contribution in [0.5, 0.6) is 0 Å². The lowest BCUT2D eigenvalue weighted by molar-refractivity contribution is -0.146. The molecule has 0 unspecified atom stereocenters. The number of carbonyl (C=O) groups is 3. The third-order valence-corrected chi connectivity index (χ3v) is 5.69. The molecule has 2 N–H and O–H groups in total. The molecule has 0 saturated carbocycles. The maximum absolute atomic E-state index is 12.9. The van der Waals surface area contributed by atoms with Gasteiger partial charge in [-0.3, -0.25) is 4.79 Å². The largest absolute Gasteiger partial charge is 0.460 e. The number of alkyl carbamates (subject to hydrolysis) is 1. The first-order chi connectivity index (χ1) is 17.1. The first-order valence-electron chi connectivity index (χ1n) is 11.9. The first-order valence-corrected chi connectivity index (χ1v) is 11.9. The van der Waals surface area contributed by atoms with Crippen LogP contribution in [-0.2, 0) is 23.8 Å². The lowest BCUT2D eigenvalue weighted by atomic mass is 9.98. The Bertz CT molecular complexity index is 1060. The third-order valence-electron chi connectivity index (χ3n) is 5.69. The summed E-state index contributed by atoms with van der Waals surface area (Å²) in [5, 5.41) is 5.14. The molecule has 0 radical (unpaired) electrons. The molecule has 2 amide bonds. The minimum atomic E-state index is -1.07. The van der Waals surface area contributed by atoms with Gasteiger partial charge in [-0.1, -0.05) is 61.2 Å². The van der Waals surface area contributed by atoms with E-state index in [1.54, 1.807) is 0 Å². The summed E-state index contributed by atoms with van der Waals surface area (Å²) in [6.45, 7) is 10.5. The van der Waals surface area contributed by atoms with Crippen molar-refractivity contribution < 1.29 is 28.6 Å². The molecule has 0 aromatic heterocycles. The molecule has 2 aromatic carbocycles. The highest BCUT2D eigenvalue weighted by molar-refractivity contribution is 5.89. The summed E-state index contributed by atoms with van der Waals surface area (Å²) >= 11 is 0. The van der Waals surface area contributed by atoms with Crippen molar-refractivity contribution in [1.29, 1.82) is 0 Å². The standard InChI is InChI=1S/C28H34N2O6/c1-6-15-34-26(32)18(2)29-25(31)24(17-36-28(3,4)5)30-27(33)35-16-23-21-13-9-7-11-19(21)20-12-8-10-14-22(20)23/h6-14,18,23-24H,1,15-17H2,2-5H3,(H,29,31)(H,30,33)/t18-,24-/m0/s1. The van der Waals surface area contributed by atoms with E-state index >= 15 is 0 Å². The highest BCUT2D eigenvalue weighted by Gasteiger charge is 2.31. The molecule has 0 fully saturated rings. The van der Waals surface area contributed by atoms with Gasteiger partial charge in [-0.25, -0.2) is 9.59 Å². The van der Waals surface area contributed by atoms with Gasteiger partial charge in [0, 0.05) is 5.92 Å². The smallest absolute Gasteiger partial charge is 0.407 e. The van der Waals surface area contributed by atoms with Crippen molar-refractivity contribution in [3.05, 3.63) is 72.3 Å². The quantitative estimate of drug-likeness (QED) is 0.383. The van der Waals surface area contributed by atoms with Crippen molar-refractivity contribution in [3.63, 3.8) is 0 Å². The highest BCUT2D eigenvalue weighted by Crippen LogP contribution is 2.44. The van der Waals surface area contributed by atoms with E-state index in [1.807, 2.05) is 57.2 Å².